The lowest BCUT2D eigenvalue weighted by Gasteiger charge is -2.13. The molecule has 0 N–H and O–H groups in total. The summed E-state index contributed by atoms with van der Waals surface area (Å²) in [5, 5.41) is 0.634. The first-order valence-electron chi connectivity index (χ1n) is 5.20. The average Bonchev–Trinajstić information content (AvgIpc) is 2.77. The van der Waals surface area contributed by atoms with Crippen LogP contribution in [0.2, 0.25) is 0 Å². The van der Waals surface area contributed by atoms with E-state index < -0.39 is 11.0 Å². The highest BCUT2D eigenvalue weighted by Crippen LogP contribution is 2.16. The lowest BCUT2D eigenvalue weighted by molar-refractivity contribution is 0.540. The first kappa shape index (κ1) is 12.3. The Morgan fingerprint density at radius 3 is 2.53 bits per heavy atom. The third-order valence-corrected chi connectivity index (χ3v) is 3.83. The van der Waals surface area contributed by atoms with Gasteiger partial charge in [0.1, 0.15) is 16.0 Å². The Balaban J connectivity index is 2.75. The van der Waals surface area contributed by atoms with Crippen molar-refractivity contribution >= 4 is 16.7 Å². The summed E-state index contributed by atoms with van der Waals surface area (Å²) < 4.78 is 14.0. The zero-order valence-electron chi connectivity index (χ0n) is 9.40. The maximum atomic E-state index is 12.1. The van der Waals surface area contributed by atoms with Crippen LogP contribution in [0.25, 0.3) is 0 Å². The predicted molar refractivity (Wildman–Crippen MR) is 66.0 cm³/mol. The van der Waals surface area contributed by atoms with Gasteiger partial charge in [0.15, 0.2) is 0 Å². The molecule has 0 aliphatic carbocycles. The fourth-order valence-electron chi connectivity index (χ4n) is 1.41. The summed E-state index contributed by atoms with van der Waals surface area (Å²) in [6.07, 6.45) is 5.74. The van der Waals surface area contributed by atoms with Gasteiger partial charge < -0.3 is 0 Å². The van der Waals surface area contributed by atoms with E-state index in [9.17, 15) is 4.21 Å². The van der Waals surface area contributed by atoms with Gasteiger partial charge in [-0.3, -0.25) is 0 Å². The van der Waals surface area contributed by atoms with Gasteiger partial charge in [0, 0.05) is 18.8 Å². The van der Waals surface area contributed by atoms with Gasteiger partial charge in [0.25, 0.3) is 0 Å². The minimum absolute atomic E-state index is 0.634. The van der Waals surface area contributed by atoms with Crippen molar-refractivity contribution in [3.8, 4) is 0 Å². The monoisotopic (exact) mass is 226 g/mol. The molecule has 4 heteroatoms. The maximum Gasteiger partial charge on any atom is 0.146 e. The van der Waals surface area contributed by atoms with E-state index in [4.69, 9.17) is 0 Å². The zero-order valence-corrected chi connectivity index (χ0v) is 10.2. The first-order chi connectivity index (χ1) is 7.19. The number of hydrogen-bond donors (Lipinski definition) is 0. The molecule has 0 spiro atoms. The van der Waals surface area contributed by atoms with Crippen LogP contribution in [-0.4, -0.2) is 27.3 Å². The van der Waals surface area contributed by atoms with Crippen molar-refractivity contribution in [3.05, 3.63) is 23.8 Å². The minimum atomic E-state index is -1.10. The second kappa shape index (κ2) is 5.98. The molecule has 0 amide bonds. The highest BCUT2D eigenvalue weighted by atomic mass is 32.2. The molecule has 1 aliphatic rings. The normalized spacial score (nSPS) is 21.7. The second-order valence-electron chi connectivity index (χ2n) is 3.47. The van der Waals surface area contributed by atoms with E-state index in [2.05, 4.69) is 11.6 Å². The van der Waals surface area contributed by atoms with Crippen LogP contribution in [0.4, 0.5) is 0 Å². The van der Waals surface area contributed by atoms with E-state index in [0.717, 1.165) is 31.6 Å². The van der Waals surface area contributed by atoms with Crippen LogP contribution < -0.4 is 0 Å². The Kier molecular flexibility index (Phi) is 4.91. The number of rotatable bonds is 4. The SMILES string of the molecule is C=C/C(C)=N\C(=C/C)S(=O)N1CCCC1. The fourth-order valence-corrected chi connectivity index (χ4v) is 2.69. The fraction of sp³-hybridized carbons (Fsp3) is 0.545. The van der Waals surface area contributed by atoms with Gasteiger partial charge in [-0.15, -0.1) is 0 Å². The van der Waals surface area contributed by atoms with Crippen LogP contribution in [-0.2, 0) is 11.0 Å². The molecule has 1 fully saturated rings. The van der Waals surface area contributed by atoms with Crippen molar-refractivity contribution in [2.45, 2.75) is 26.7 Å². The third kappa shape index (κ3) is 3.39. The summed E-state index contributed by atoms with van der Waals surface area (Å²) in [7, 11) is -1.10. The summed E-state index contributed by atoms with van der Waals surface area (Å²) in [4.78, 5) is 4.28. The molecule has 0 saturated carbocycles. The Hall–Kier alpha value is -0.740. The molecular weight excluding hydrogens is 208 g/mol. The van der Waals surface area contributed by atoms with Gasteiger partial charge in [-0.25, -0.2) is 13.5 Å². The quantitative estimate of drug-likeness (QED) is 0.677. The van der Waals surface area contributed by atoms with Crippen LogP contribution in [0.3, 0.4) is 0 Å². The molecule has 0 aromatic rings. The van der Waals surface area contributed by atoms with Crippen molar-refractivity contribution < 1.29 is 4.21 Å². The third-order valence-electron chi connectivity index (χ3n) is 2.31. The van der Waals surface area contributed by atoms with Gasteiger partial charge in [-0.2, -0.15) is 0 Å². The van der Waals surface area contributed by atoms with Gasteiger partial charge in [0.05, 0.1) is 0 Å². The molecule has 1 heterocycles. The van der Waals surface area contributed by atoms with E-state index in [1.165, 1.54) is 0 Å². The Morgan fingerprint density at radius 2 is 2.07 bits per heavy atom. The van der Waals surface area contributed by atoms with Gasteiger partial charge in [0.2, 0.25) is 0 Å². The second-order valence-corrected chi connectivity index (χ2v) is 4.90. The molecular formula is C11H18N2OS. The molecule has 3 nitrogen and oxygen atoms in total. The lowest BCUT2D eigenvalue weighted by Crippen LogP contribution is -2.22. The standard InChI is InChI=1S/C11H18N2OS/c1-4-10(3)12-11(5-2)15(14)13-8-6-7-9-13/h4-5H,1,6-9H2,2-3H3/b11-5+,12-10-. The van der Waals surface area contributed by atoms with E-state index in [0.29, 0.717) is 5.03 Å². The first-order valence-corrected chi connectivity index (χ1v) is 6.30. The van der Waals surface area contributed by atoms with Crippen molar-refractivity contribution in [2.24, 2.45) is 4.99 Å². The van der Waals surface area contributed by atoms with E-state index >= 15 is 0 Å². The number of hydrogen-bond acceptors (Lipinski definition) is 2. The predicted octanol–water partition coefficient (Wildman–Crippen LogP) is 2.25. The highest BCUT2D eigenvalue weighted by molar-refractivity contribution is 7.86. The molecule has 1 rings (SSSR count). The Labute approximate surface area is 94.2 Å². The average molecular weight is 226 g/mol. The molecule has 0 radical (unpaired) electrons. The zero-order chi connectivity index (χ0) is 11.3. The molecule has 0 aromatic carbocycles. The Bertz CT molecular complexity index is 315. The minimum Gasteiger partial charge on any atom is -0.243 e. The molecule has 1 saturated heterocycles. The molecule has 0 aromatic heterocycles. The molecule has 1 atom stereocenters. The van der Waals surface area contributed by atoms with Crippen molar-refractivity contribution in [2.75, 3.05) is 13.1 Å². The van der Waals surface area contributed by atoms with Gasteiger partial charge >= 0.3 is 0 Å². The molecule has 1 unspecified atom stereocenters. The van der Waals surface area contributed by atoms with Crippen LogP contribution in [0.1, 0.15) is 26.7 Å². The summed E-state index contributed by atoms with van der Waals surface area (Å²) >= 11 is 0. The van der Waals surface area contributed by atoms with E-state index in [-0.39, 0.29) is 0 Å². The van der Waals surface area contributed by atoms with Crippen LogP contribution >= 0.6 is 0 Å². The smallest absolute Gasteiger partial charge is 0.146 e. The Morgan fingerprint density at radius 1 is 1.47 bits per heavy atom. The van der Waals surface area contributed by atoms with Crippen LogP contribution in [0.15, 0.2) is 28.8 Å². The van der Waals surface area contributed by atoms with Crippen LogP contribution in [0, 0.1) is 0 Å². The number of allylic oxidation sites excluding steroid dienone is 2. The number of aliphatic imine (C=N–C) groups is 1. The van der Waals surface area contributed by atoms with Gasteiger partial charge in [-0.05, 0) is 32.8 Å². The molecule has 1 aliphatic heterocycles. The van der Waals surface area contributed by atoms with Crippen molar-refractivity contribution in [1.29, 1.82) is 0 Å². The molecule has 0 bridgehead atoms. The van der Waals surface area contributed by atoms with Gasteiger partial charge in [-0.1, -0.05) is 12.7 Å². The summed E-state index contributed by atoms with van der Waals surface area (Å²) in [5.74, 6) is 0. The topological polar surface area (TPSA) is 32.7 Å². The number of nitrogens with zero attached hydrogens (tertiary/aromatic N) is 2. The molecule has 84 valence electrons. The van der Waals surface area contributed by atoms with Crippen molar-refractivity contribution in [1.82, 2.24) is 4.31 Å². The summed E-state index contributed by atoms with van der Waals surface area (Å²) in [6.45, 7) is 9.18. The highest BCUT2D eigenvalue weighted by Gasteiger charge is 2.20. The van der Waals surface area contributed by atoms with Crippen molar-refractivity contribution in [3.63, 3.8) is 0 Å². The van der Waals surface area contributed by atoms with E-state index in [1.807, 2.05) is 18.2 Å². The van der Waals surface area contributed by atoms with Crippen LogP contribution in [0.5, 0.6) is 0 Å². The summed E-state index contributed by atoms with van der Waals surface area (Å²) in [6, 6.07) is 0. The summed E-state index contributed by atoms with van der Waals surface area (Å²) in [5.41, 5.74) is 0.802. The maximum absolute atomic E-state index is 12.1. The lowest BCUT2D eigenvalue weighted by atomic mass is 10.4. The van der Waals surface area contributed by atoms with E-state index in [1.54, 1.807) is 12.2 Å². The largest absolute Gasteiger partial charge is 0.243 e. The molecule has 15 heavy (non-hydrogen) atoms.